The Kier molecular flexibility index (Phi) is 5.37. The summed E-state index contributed by atoms with van der Waals surface area (Å²) in [7, 11) is 0. The molecule has 114 valence electrons. The number of aliphatic carboxylic acids is 1. The van der Waals surface area contributed by atoms with Gasteiger partial charge in [-0.15, -0.1) is 0 Å². The predicted molar refractivity (Wildman–Crippen MR) is 80.7 cm³/mol. The molecular weight excluding hydrogens is 266 g/mol. The lowest BCUT2D eigenvalue weighted by Crippen LogP contribution is -2.36. The zero-order valence-corrected chi connectivity index (χ0v) is 12.4. The molecule has 1 atom stereocenters. The summed E-state index contributed by atoms with van der Waals surface area (Å²) in [4.78, 5) is 23.3. The predicted octanol–water partition coefficient (Wildman–Crippen LogP) is 3.14. The zero-order chi connectivity index (χ0) is 15.2. The van der Waals surface area contributed by atoms with Crippen LogP contribution in [0.1, 0.15) is 50.6 Å². The Balaban J connectivity index is 1.91. The van der Waals surface area contributed by atoms with Crippen LogP contribution in [0.15, 0.2) is 30.3 Å². The van der Waals surface area contributed by atoms with Gasteiger partial charge in [0.15, 0.2) is 0 Å². The summed E-state index contributed by atoms with van der Waals surface area (Å²) < 4.78 is 0. The van der Waals surface area contributed by atoms with Crippen LogP contribution in [0.3, 0.4) is 0 Å². The monoisotopic (exact) mass is 289 g/mol. The molecule has 4 nitrogen and oxygen atoms in total. The first-order chi connectivity index (χ1) is 10.1. The second kappa shape index (κ2) is 7.25. The number of nitrogens with one attached hydrogen (secondary N) is 1. The molecule has 0 heterocycles. The van der Waals surface area contributed by atoms with Gasteiger partial charge in [-0.05, 0) is 37.7 Å². The average molecular weight is 289 g/mol. The molecule has 1 fully saturated rings. The van der Waals surface area contributed by atoms with Crippen molar-refractivity contribution in [2.24, 2.45) is 11.8 Å². The lowest BCUT2D eigenvalue weighted by Gasteiger charge is -2.27. The lowest BCUT2D eigenvalue weighted by molar-refractivity contribution is -0.144. The minimum atomic E-state index is -0.732. The van der Waals surface area contributed by atoms with Gasteiger partial charge in [-0.2, -0.15) is 0 Å². The van der Waals surface area contributed by atoms with Crippen LogP contribution in [-0.4, -0.2) is 17.0 Å². The maximum atomic E-state index is 12.4. The molecule has 1 aromatic carbocycles. The van der Waals surface area contributed by atoms with Crippen LogP contribution in [0.4, 0.5) is 0 Å². The average Bonchev–Trinajstić information content (AvgIpc) is 2.53. The molecule has 0 saturated heterocycles. The SMILES string of the molecule is CCC(NC(=O)C1CCC(C(=O)O)CC1)c1ccccc1. The van der Waals surface area contributed by atoms with E-state index in [1.54, 1.807) is 0 Å². The molecule has 0 aliphatic heterocycles. The van der Waals surface area contributed by atoms with Crippen LogP contribution in [0.25, 0.3) is 0 Å². The van der Waals surface area contributed by atoms with Crippen LogP contribution in [0.5, 0.6) is 0 Å². The fraction of sp³-hybridized carbons (Fsp3) is 0.529. The molecule has 21 heavy (non-hydrogen) atoms. The van der Waals surface area contributed by atoms with Crippen molar-refractivity contribution < 1.29 is 14.7 Å². The Bertz CT molecular complexity index is 478. The molecule has 0 spiro atoms. The standard InChI is InChI=1S/C17H23NO3/c1-2-15(12-6-4-3-5-7-12)18-16(19)13-8-10-14(11-9-13)17(20)21/h3-7,13-15H,2,8-11H2,1H3,(H,18,19)(H,20,21). The van der Waals surface area contributed by atoms with Crippen LogP contribution in [0.2, 0.25) is 0 Å². The first-order valence-electron chi connectivity index (χ1n) is 7.70. The highest BCUT2D eigenvalue weighted by atomic mass is 16.4. The van der Waals surface area contributed by atoms with Gasteiger partial charge in [0.25, 0.3) is 0 Å². The number of carbonyl (C=O) groups is 2. The fourth-order valence-corrected chi connectivity index (χ4v) is 3.00. The summed E-state index contributed by atoms with van der Waals surface area (Å²) in [6, 6.07) is 10.00. The molecule has 0 bridgehead atoms. The maximum absolute atomic E-state index is 12.4. The van der Waals surface area contributed by atoms with Crippen molar-refractivity contribution in [1.82, 2.24) is 5.32 Å². The van der Waals surface area contributed by atoms with E-state index in [0.717, 1.165) is 12.0 Å². The molecule has 0 radical (unpaired) electrons. The Hall–Kier alpha value is -1.84. The van der Waals surface area contributed by atoms with E-state index in [0.29, 0.717) is 25.7 Å². The van der Waals surface area contributed by atoms with Crippen molar-refractivity contribution >= 4 is 11.9 Å². The summed E-state index contributed by atoms with van der Waals surface area (Å²) in [5.41, 5.74) is 1.12. The van der Waals surface area contributed by atoms with E-state index < -0.39 is 5.97 Å². The van der Waals surface area contributed by atoms with Gasteiger partial charge in [0.2, 0.25) is 5.91 Å². The van der Waals surface area contributed by atoms with Gasteiger partial charge in [0.1, 0.15) is 0 Å². The van der Waals surface area contributed by atoms with E-state index in [9.17, 15) is 9.59 Å². The minimum Gasteiger partial charge on any atom is -0.481 e. The molecule has 1 unspecified atom stereocenters. The first kappa shape index (κ1) is 15.5. The van der Waals surface area contributed by atoms with Crippen LogP contribution in [0, 0.1) is 11.8 Å². The smallest absolute Gasteiger partial charge is 0.306 e. The fourth-order valence-electron chi connectivity index (χ4n) is 3.00. The molecular formula is C17H23NO3. The van der Waals surface area contributed by atoms with Gasteiger partial charge in [-0.25, -0.2) is 0 Å². The van der Waals surface area contributed by atoms with Gasteiger partial charge < -0.3 is 10.4 Å². The second-order valence-corrected chi connectivity index (χ2v) is 5.77. The van der Waals surface area contributed by atoms with Gasteiger partial charge in [0.05, 0.1) is 12.0 Å². The van der Waals surface area contributed by atoms with Gasteiger partial charge in [0, 0.05) is 5.92 Å². The summed E-state index contributed by atoms with van der Waals surface area (Å²) >= 11 is 0. The van der Waals surface area contributed by atoms with E-state index in [-0.39, 0.29) is 23.8 Å². The molecule has 2 N–H and O–H groups in total. The molecule has 1 saturated carbocycles. The summed E-state index contributed by atoms with van der Waals surface area (Å²) in [5, 5.41) is 12.1. The lowest BCUT2D eigenvalue weighted by atomic mass is 9.81. The van der Waals surface area contributed by atoms with Gasteiger partial charge in [-0.1, -0.05) is 37.3 Å². The molecule has 0 aromatic heterocycles. The number of amides is 1. The van der Waals surface area contributed by atoms with E-state index in [2.05, 4.69) is 12.2 Å². The van der Waals surface area contributed by atoms with Crippen molar-refractivity contribution in [3.8, 4) is 0 Å². The summed E-state index contributed by atoms with van der Waals surface area (Å²) in [6.45, 7) is 2.05. The Morgan fingerprint density at radius 2 is 1.71 bits per heavy atom. The van der Waals surface area contributed by atoms with Crippen molar-refractivity contribution in [1.29, 1.82) is 0 Å². The number of carbonyl (C=O) groups excluding carboxylic acids is 1. The number of carboxylic acid groups (broad SMARTS) is 1. The second-order valence-electron chi connectivity index (χ2n) is 5.77. The Labute approximate surface area is 125 Å². The highest BCUT2D eigenvalue weighted by Gasteiger charge is 2.30. The van der Waals surface area contributed by atoms with Crippen molar-refractivity contribution in [2.45, 2.75) is 45.1 Å². The summed E-state index contributed by atoms with van der Waals surface area (Å²) in [5.74, 6) is -0.984. The number of hydrogen-bond acceptors (Lipinski definition) is 2. The van der Waals surface area contributed by atoms with E-state index in [1.807, 2.05) is 30.3 Å². The van der Waals surface area contributed by atoms with Crippen molar-refractivity contribution in [3.63, 3.8) is 0 Å². The molecule has 4 heteroatoms. The maximum Gasteiger partial charge on any atom is 0.306 e. The molecule has 1 aliphatic rings. The normalized spacial score (nSPS) is 23.3. The highest BCUT2D eigenvalue weighted by molar-refractivity contribution is 5.79. The third-order valence-electron chi connectivity index (χ3n) is 4.37. The Morgan fingerprint density at radius 3 is 2.24 bits per heavy atom. The topological polar surface area (TPSA) is 66.4 Å². The van der Waals surface area contributed by atoms with E-state index in [1.165, 1.54) is 0 Å². The number of rotatable bonds is 5. The highest BCUT2D eigenvalue weighted by Crippen LogP contribution is 2.29. The molecule has 1 aromatic rings. The van der Waals surface area contributed by atoms with Crippen LogP contribution in [-0.2, 0) is 9.59 Å². The summed E-state index contributed by atoms with van der Waals surface area (Å²) in [6.07, 6.45) is 3.41. The molecule has 1 amide bonds. The number of carboxylic acids is 1. The van der Waals surface area contributed by atoms with Gasteiger partial charge >= 0.3 is 5.97 Å². The largest absolute Gasteiger partial charge is 0.481 e. The third-order valence-corrected chi connectivity index (χ3v) is 4.37. The molecule has 2 rings (SSSR count). The zero-order valence-electron chi connectivity index (χ0n) is 12.4. The minimum absolute atomic E-state index is 0.0379. The van der Waals surface area contributed by atoms with E-state index in [4.69, 9.17) is 5.11 Å². The van der Waals surface area contributed by atoms with Crippen LogP contribution < -0.4 is 5.32 Å². The molecule has 1 aliphatic carbocycles. The van der Waals surface area contributed by atoms with Crippen molar-refractivity contribution in [3.05, 3.63) is 35.9 Å². The number of hydrogen-bond donors (Lipinski definition) is 2. The Morgan fingerprint density at radius 1 is 1.14 bits per heavy atom. The number of benzene rings is 1. The first-order valence-corrected chi connectivity index (χ1v) is 7.70. The van der Waals surface area contributed by atoms with E-state index >= 15 is 0 Å². The quantitative estimate of drug-likeness (QED) is 0.875. The van der Waals surface area contributed by atoms with Crippen LogP contribution >= 0.6 is 0 Å². The van der Waals surface area contributed by atoms with Gasteiger partial charge in [-0.3, -0.25) is 9.59 Å². The third kappa shape index (κ3) is 4.06. The van der Waals surface area contributed by atoms with Crippen molar-refractivity contribution in [2.75, 3.05) is 0 Å².